The molecule has 4 heteroatoms. The van der Waals surface area contributed by atoms with E-state index in [4.69, 9.17) is 10.00 Å². The van der Waals surface area contributed by atoms with Crippen molar-refractivity contribution in [3.8, 4) is 11.8 Å². The highest BCUT2D eigenvalue weighted by Crippen LogP contribution is 2.33. The monoisotopic (exact) mass is 308 g/mol. The van der Waals surface area contributed by atoms with Crippen LogP contribution in [0.15, 0.2) is 22.7 Å². The van der Waals surface area contributed by atoms with Crippen molar-refractivity contribution in [2.75, 3.05) is 13.1 Å². The van der Waals surface area contributed by atoms with Crippen LogP contribution in [0.4, 0.5) is 0 Å². The largest absolute Gasteiger partial charge is 0.486 e. The summed E-state index contributed by atoms with van der Waals surface area (Å²) < 4.78 is 6.95. The average molecular weight is 309 g/mol. The van der Waals surface area contributed by atoms with E-state index >= 15 is 0 Å². The second-order valence-corrected chi connectivity index (χ2v) is 6.01. The second kappa shape index (κ2) is 5.29. The Kier molecular flexibility index (Phi) is 3.94. The fraction of sp³-hybridized carbons (Fsp3) is 0.500. The minimum Gasteiger partial charge on any atom is -0.486 e. The summed E-state index contributed by atoms with van der Waals surface area (Å²) in [6.45, 7) is 6.30. The van der Waals surface area contributed by atoms with Crippen LogP contribution in [-0.4, -0.2) is 18.7 Å². The molecule has 0 bridgehead atoms. The van der Waals surface area contributed by atoms with E-state index < -0.39 is 0 Å². The zero-order valence-corrected chi connectivity index (χ0v) is 12.3. The maximum absolute atomic E-state index is 8.84. The Morgan fingerprint density at radius 2 is 2.28 bits per heavy atom. The molecule has 1 fully saturated rings. The van der Waals surface area contributed by atoms with Crippen LogP contribution < -0.4 is 10.1 Å². The molecule has 1 aliphatic rings. The van der Waals surface area contributed by atoms with Crippen molar-refractivity contribution in [1.82, 2.24) is 5.32 Å². The summed E-state index contributed by atoms with van der Waals surface area (Å²) in [5.74, 6) is 1.31. The first-order valence-corrected chi connectivity index (χ1v) is 6.91. The molecule has 2 rings (SSSR count). The number of rotatable bonds is 3. The van der Waals surface area contributed by atoms with Gasteiger partial charge in [-0.25, -0.2) is 0 Å². The third kappa shape index (κ3) is 2.85. The molecule has 0 saturated carbocycles. The Labute approximate surface area is 116 Å². The lowest BCUT2D eigenvalue weighted by atomic mass is 9.90. The molecule has 0 aromatic heterocycles. The predicted molar refractivity (Wildman–Crippen MR) is 74.5 cm³/mol. The molecular formula is C14H17BrN2O. The van der Waals surface area contributed by atoms with Crippen molar-refractivity contribution < 1.29 is 4.74 Å². The van der Waals surface area contributed by atoms with E-state index in [2.05, 4.69) is 41.2 Å². The number of hydrogen-bond donors (Lipinski definition) is 1. The van der Waals surface area contributed by atoms with Crippen LogP contribution in [0.5, 0.6) is 5.75 Å². The molecule has 1 aliphatic heterocycles. The van der Waals surface area contributed by atoms with Crippen molar-refractivity contribution in [3.05, 3.63) is 28.2 Å². The summed E-state index contributed by atoms with van der Waals surface area (Å²) in [7, 11) is 0. The number of nitriles is 1. The molecule has 18 heavy (non-hydrogen) atoms. The van der Waals surface area contributed by atoms with Crippen molar-refractivity contribution in [3.63, 3.8) is 0 Å². The highest BCUT2D eigenvalue weighted by Gasteiger charge is 2.34. The van der Waals surface area contributed by atoms with E-state index in [0.29, 0.717) is 11.5 Å². The van der Waals surface area contributed by atoms with E-state index in [1.165, 1.54) is 0 Å². The molecule has 0 amide bonds. The van der Waals surface area contributed by atoms with Gasteiger partial charge in [0.05, 0.1) is 16.1 Å². The van der Waals surface area contributed by atoms with Gasteiger partial charge < -0.3 is 10.1 Å². The summed E-state index contributed by atoms with van der Waals surface area (Å²) in [4.78, 5) is 0. The van der Waals surface area contributed by atoms with Crippen molar-refractivity contribution in [2.24, 2.45) is 5.92 Å². The van der Waals surface area contributed by atoms with Gasteiger partial charge in [0.1, 0.15) is 11.4 Å². The third-order valence-corrected chi connectivity index (χ3v) is 4.10. The molecule has 1 aromatic rings. The first kappa shape index (κ1) is 13.4. The van der Waals surface area contributed by atoms with Crippen LogP contribution in [-0.2, 0) is 0 Å². The zero-order valence-electron chi connectivity index (χ0n) is 10.7. The molecule has 0 radical (unpaired) electrons. The van der Waals surface area contributed by atoms with Gasteiger partial charge in [-0.3, -0.25) is 0 Å². The van der Waals surface area contributed by atoms with Gasteiger partial charge in [0.2, 0.25) is 0 Å². The van der Waals surface area contributed by atoms with Crippen LogP contribution in [0, 0.1) is 17.2 Å². The van der Waals surface area contributed by atoms with Crippen LogP contribution in [0.2, 0.25) is 0 Å². The Morgan fingerprint density at radius 3 is 2.83 bits per heavy atom. The maximum atomic E-state index is 8.84. The number of benzene rings is 1. The van der Waals surface area contributed by atoms with Crippen molar-refractivity contribution >= 4 is 15.9 Å². The van der Waals surface area contributed by atoms with Gasteiger partial charge in [-0.1, -0.05) is 0 Å². The lowest BCUT2D eigenvalue weighted by Gasteiger charge is -2.32. The predicted octanol–water partition coefficient (Wildman–Crippen LogP) is 3.09. The number of hydrogen-bond acceptors (Lipinski definition) is 3. The van der Waals surface area contributed by atoms with Crippen molar-refractivity contribution in [2.45, 2.75) is 25.9 Å². The normalized spacial score (nSPS) is 19.6. The fourth-order valence-corrected chi connectivity index (χ4v) is 2.73. The Balaban J connectivity index is 2.15. The Hall–Kier alpha value is -1.05. The van der Waals surface area contributed by atoms with Gasteiger partial charge in [0, 0.05) is 12.5 Å². The number of nitrogens with zero attached hydrogens (tertiary/aromatic N) is 1. The van der Waals surface area contributed by atoms with Crippen LogP contribution in [0.3, 0.4) is 0 Å². The van der Waals surface area contributed by atoms with E-state index in [0.717, 1.165) is 29.7 Å². The minimum absolute atomic E-state index is 0.208. The molecule has 0 spiro atoms. The summed E-state index contributed by atoms with van der Waals surface area (Å²) in [5, 5.41) is 12.2. The topological polar surface area (TPSA) is 45.0 Å². The lowest BCUT2D eigenvalue weighted by Crippen LogP contribution is -2.38. The lowest BCUT2D eigenvalue weighted by molar-refractivity contribution is 0.0516. The molecule has 3 nitrogen and oxygen atoms in total. The summed E-state index contributed by atoms with van der Waals surface area (Å²) in [5.41, 5.74) is 0.426. The smallest absolute Gasteiger partial charge is 0.134 e. The van der Waals surface area contributed by atoms with Gasteiger partial charge in [-0.2, -0.15) is 5.26 Å². The second-order valence-electron chi connectivity index (χ2n) is 5.15. The van der Waals surface area contributed by atoms with Crippen LogP contribution in [0.1, 0.15) is 25.8 Å². The molecule has 1 aromatic carbocycles. The van der Waals surface area contributed by atoms with E-state index in [9.17, 15) is 0 Å². The van der Waals surface area contributed by atoms with Gasteiger partial charge >= 0.3 is 0 Å². The molecule has 1 N–H and O–H groups in total. The molecule has 1 unspecified atom stereocenters. The molecule has 1 atom stereocenters. The van der Waals surface area contributed by atoms with Crippen LogP contribution >= 0.6 is 15.9 Å². The molecule has 1 heterocycles. The van der Waals surface area contributed by atoms with Crippen molar-refractivity contribution in [1.29, 1.82) is 5.26 Å². The summed E-state index contributed by atoms with van der Waals surface area (Å²) >= 11 is 3.46. The van der Waals surface area contributed by atoms with E-state index in [-0.39, 0.29) is 5.60 Å². The first-order valence-electron chi connectivity index (χ1n) is 6.12. The van der Waals surface area contributed by atoms with Gasteiger partial charge in [-0.05, 0) is 60.9 Å². The zero-order chi connectivity index (χ0) is 13.2. The minimum atomic E-state index is -0.208. The molecule has 1 saturated heterocycles. The Bertz CT molecular complexity index is 473. The molecule has 96 valence electrons. The highest BCUT2D eigenvalue weighted by molar-refractivity contribution is 9.10. The van der Waals surface area contributed by atoms with Gasteiger partial charge in [0.15, 0.2) is 0 Å². The Morgan fingerprint density at radius 1 is 1.50 bits per heavy atom. The van der Waals surface area contributed by atoms with Gasteiger partial charge in [-0.15, -0.1) is 0 Å². The third-order valence-electron chi connectivity index (χ3n) is 3.48. The highest BCUT2D eigenvalue weighted by atomic mass is 79.9. The number of ether oxygens (including phenoxy) is 1. The number of halogens is 1. The van der Waals surface area contributed by atoms with E-state index in [1.54, 1.807) is 12.1 Å². The quantitative estimate of drug-likeness (QED) is 0.933. The SMILES string of the molecule is CC(C)(Oc1ccc(C#N)cc1Br)C1CCNC1. The summed E-state index contributed by atoms with van der Waals surface area (Å²) in [6.07, 6.45) is 1.14. The fourth-order valence-electron chi connectivity index (χ4n) is 2.27. The maximum Gasteiger partial charge on any atom is 0.134 e. The van der Waals surface area contributed by atoms with Gasteiger partial charge in [0.25, 0.3) is 0 Å². The van der Waals surface area contributed by atoms with E-state index in [1.807, 2.05) is 6.07 Å². The standard InChI is InChI=1S/C14H17BrN2O/c1-14(2,11-5-6-17-9-11)18-13-4-3-10(8-16)7-12(13)15/h3-4,7,11,17H,5-6,9H2,1-2H3. The van der Waals surface area contributed by atoms with Crippen LogP contribution in [0.25, 0.3) is 0 Å². The average Bonchev–Trinajstić information content (AvgIpc) is 2.86. The molecular weight excluding hydrogens is 292 g/mol. The number of nitrogens with one attached hydrogen (secondary N) is 1. The summed E-state index contributed by atoms with van der Waals surface area (Å²) in [6, 6.07) is 7.54. The first-order chi connectivity index (χ1) is 8.53. The molecule has 0 aliphatic carbocycles.